The Bertz CT molecular complexity index is 380. The van der Waals surface area contributed by atoms with Crippen molar-refractivity contribution in [2.45, 2.75) is 13.3 Å². The van der Waals surface area contributed by atoms with E-state index in [1.54, 1.807) is 6.20 Å². The van der Waals surface area contributed by atoms with Crippen molar-refractivity contribution in [2.24, 2.45) is 0 Å². The molecule has 0 bridgehead atoms. The molecule has 0 unspecified atom stereocenters. The molecule has 0 amide bonds. The number of aromatic nitrogens is 4. The van der Waals surface area contributed by atoms with E-state index >= 15 is 0 Å². The number of nitrogens with zero attached hydrogens (tertiary/aromatic N) is 3. The molecular formula is C8H11N5S. The molecule has 2 aromatic rings. The summed E-state index contributed by atoms with van der Waals surface area (Å²) in [6.07, 6.45) is 4.44. The van der Waals surface area contributed by atoms with Gasteiger partial charge in [0.2, 0.25) is 5.13 Å². The fourth-order valence-corrected chi connectivity index (χ4v) is 1.69. The van der Waals surface area contributed by atoms with Gasteiger partial charge in [-0.25, -0.2) is 9.97 Å². The van der Waals surface area contributed by atoms with Crippen LogP contribution in [0.2, 0.25) is 0 Å². The number of nitrogens with one attached hydrogen (secondary N) is 2. The topological polar surface area (TPSA) is 66.5 Å². The monoisotopic (exact) mass is 209 g/mol. The maximum absolute atomic E-state index is 4.20. The van der Waals surface area contributed by atoms with E-state index in [0.29, 0.717) is 0 Å². The second kappa shape index (κ2) is 4.19. The fraction of sp³-hybridized carbons (Fsp3) is 0.375. The number of H-pyrrole nitrogens is 1. The number of rotatable bonds is 4. The normalized spacial score (nSPS) is 10.4. The largest absolute Gasteiger partial charge is 0.360 e. The molecule has 74 valence electrons. The van der Waals surface area contributed by atoms with Crippen LogP contribution in [0.4, 0.5) is 5.13 Å². The van der Waals surface area contributed by atoms with E-state index < -0.39 is 0 Å². The molecule has 0 aliphatic rings. The molecule has 0 aromatic carbocycles. The maximum atomic E-state index is 4.20. The molecule has 2 N–H and O–H groups in total. The summed E-state index contributed by atoms with van der Waals surface area (Å²) < 4.78 is 4.08. The van der Waals surface area contributed by atoms with Crippen molar-refractivity contribution in [3.8, 4) is 0 Å². The molecule has 14 heavy (non-hydrogen) atoms. The van der Waals surface area contributed by atoms with Crippen LogP contribution in [0.25, 0.3) is 0 Å². The van der Waals surface area contributed by atoms with Crippen molar-refractivity contribution in [3.63, 3.8) is 0 Å². The zero-order valence-corrected chi connectivity index (χ0v) is 8.64. The van der Waals surface area contributed by atoms with Gasteiger partial charge in [0.1, 0.15) is 11.6 Å². The van der Waals surface area contributed by atoms with Gasteiger partial charge in [-0.05, 0) is 6.92 Å². The minimum atomic E-state index is 0.815. The van der Waals surface area contributed by atoms with Gasteiger partial charge in [0, 0.05) is 36.9 Å². The van der Waals surface area contributed by atoms with Gasteiger partial charge in [-0.1, -0.05) is 0 Å². The zero-order valence-electron chi connectivity index (χ0n) is 7.82. The quantitative estimate of drug-likeness (QED) is 0.794. The minimum Gasteiger partial charge on any atom is -0.360 e. The zero-order chi connectivity index (χ0) is 9.80. The van der Waals surface area contributed by atoms with Crippen LogP contribution in [0.15, 0.2) is 12.4 Å². The summed E-state index contributed by atoms with van der Waals surface area (Å²) in [5, 5.41) is 4.06. The van der Waals surface area contributed by atoms with Crippen LogP contribution in [-0.2, 0) is 6.42 Å². The third-order valence-corrected chi connectivity index (χ3v) is 2.48. The lowest BCUT2D eigenvalue weighted by Gasteiger charge is -1.98. The van der Waals surface area contributed by atoms with Crippen LogP contribution in [0, 0.1) is 6.92 Å². The van der Waals surface area contributed by atoms with Crippen molar-refractivity contribution in [1.29, 1.82) is 0 Å². The lowest BCUT2D eigenvalue weighted by Crippen LogP contribution is -2.05. The molecule has 5 nitrogen and oxygen atoms in total. The minimum absolute atomic E-state index is 0.815. The molecule has 0 spiro atoms. The van der Waals surface area contributed by atoms with E-state index in [4.69, 9.17) is 0 Å². The molecule has 6 heteroatoms. The number of aromatic amines is 1. The first-order valence-corrected chi connectivity index (χ1v) is 5.14. The lowest BCUT2D eigenvalue weighted by molar-refractivity contribution is 0.924. The molecule has 2 aromatic heterocycles. The molecule has 0 atom stereocenters. The second-order valence-corrected chi connectivity index (χ2v) is 3.61. The summed E-state index contributed by atoms with van der Waals surface area (Å²) in [6.45, 7) is 2.70. The Hall–Kier alpha value is -1.43. The summed E-state index contributed by atoms with van der Waals surface area (Å²) in [5.41, 5.74) is 0. The number of imidazole rings is 1. The van der Waals surface area contributed by atoms with Crippen LogP contribution < -0.4 is 5.32 Å². The fourth-order valence-electron chi connectivity index (χ4n) is 1.09. The van der Waals surface area contributed by atoms with E-state index in [9.17, 15) is 0 Å². The molecular weight excluding hydrogens is 198 g/mol. The van der Waals surface area contributed by atoms with Crippen LogP contribution in [0.5, 0.6) is 0 Å². The van der Waals surface area contributed by atoms with E-state index in [1.807, 2.05) is 13.1 Å². The van der Waals surface area contributed by atoms with Gasteiger partial charge in [0.25, 0.3) is 0 Å². The molecule has 2 rings (SSSR count). The smallest absolute Gasteiger partial charge is 0.202 e. The summed E-state index contributed by atoms with van der Waals surface area (Å²) in [5.74, 6) is 1.80. The molecule has 2 heterocycles. The lowest BCUT2D eigenvalue weighted by atomic mass is 10.4. The van der Waals surface area contributed by atoms with Crippen molar-refractivity contribution in [3.05, 3.63) is 24.0 Å². The third-order valence-electron chi connectivity index (χ3n) is 1.72. The van der Waals surface area contributed by atoms with E-state index in [2.05, 4.69) is 24.6 Å². The molecule has 0 aliphatic carbocycles. The van der Waals surface area contributed by atoms with E-state index in [-0.39, 0.29) is 0 Å². The Morgan fingerprint density at radius 2 is 2.50 bits per heavy atom. The number of anilines is 1. The molecule has 0 fully saturated rings. The number of hydrogen-bond acceptors (Lipinski definition) is 5. The Balaban J connectivity index is 1.78. The van der Waals surface area contributed by atoms with Gasteiger partial charge < -0.3 is 10.3 Å². The van der Waals surface area contributed by atoms with Crippen molar-refractivity contribution in [2.75, 3.05) is 11.9 Å². The molecule has 0 saturated heterocycles. The Labute approximate surface area is 85.8 Å². The van der Waals surface area contributed by atoms with Gasteiger partial charge in [-0.2, -0.15) is 4.37 Å². The van der Waals surface area contributed by atoms with Gasteiger partial charge >= 0.3 is 0 Å². The molecule has 0 radical (unpaired) electrons. The number of hydrogen-bond donors (Lipinski definition) is 2. The predicted molar refractivity (Wildman–Crippen MR) is 55.4 cm³/mol. The highest BCUT2D eigenvalue weighted by atomic mass is 32.1. The van der Waals surface area contributed by atoms with Gasteiger partial charge in [-0.3, -0.25) is 0 Å². The Morgan fingerprint density at radius 1 is 1.57 bits per heavy atom. The summed E-state index contributed by atoms with van der Waals surface area (Å²) in [4.78, 5) is 11.4. The second-order valence-electron chi connectivity index (χ2n) is 2.86. The summed E-state index contributed by atoms with van der Waals surface area (Å²) in [6, 6.07) is 0. The van der Waals surface area contributed by atoms with Crippen LogP contribution in [0.3, 0.4) is 0 Å². The van der Waals surface area contributed by atoms with Gasteiger partial charge in [-0.15, -0.1) is 0 Å². The highest BCUT2D eigenvalue weighted by Crippen LogP contribution is 2.09. The Kier molecular flexibility index (Phi) is 2.73. The summed E-state index contributed by atoms with van der Waals surface area (Å²) in [7, 11) is 0. The highest BCUT2D eigenvalue weighted by Gasteiger charge is 1.99. The first-order chi connectivity index (χ1) is 6.84. The Morgan fingerprint density at radius 3 is 3.14 bits per heavy atom. The highest BCUT2D eigenvalue weighted by molar-refractivity contribution is 7.09. The first-order valence-electron chi connectivity index (χ1n) is 4.37. The van der Waals surface area contributed by atoms with Crippen molar-refractivity contribution < 1.29 is 0 Å². The number of aryl methyl sites for hydroxylation is 1. The SMILES string of the molecule is Cc1nsc(NCCc2ncc[nH]2)n1. The van der Waals surface area contributed by atoms with E-state index in [0.717, 1.165) is 29.7 Å². The van der Waals surface area contributed by atoms with Crippen molar-refractivity contribution in [1.82, 2.24) is 19.3 Å². The van der Waals surface area contributed by atoms with Crippen LogP contribution >= 0.6 is 11.5 Å². The molecule has 0 aliphatic heterocycles. The standard InChI is InChI=1S/C8H11N5S/c1-6-12-8(14-13-6)11-3-2-7-9-4-5-10-7/h4-5H,2-3H2,1H3,(H,9,10)(H,11,12,13). The maximum Gasteiger partial charge on any atom is 0.202 e. The predicted octanol–water partition coefficient (Wildman–Crippen LogP) is 1.22. The van der Waals surface area contributed by atoms with Gasteiger partial charge in [0.15, 0.2) is 0 Å². The van der Waals surface area contributed by atoms with Crippen LogP contribution in [-0.4, -0.2) is 25.9 Å². The average molecular weight is 209 g/mol. The summed E-state index contributed by atoms with van der Waals surface area (Å²) >= 11 is 1.38. The van der Waals surface area contributed by atoms with Crippen molar-refractivity contribution >= 4 is 16.7 Å². The first kappa shape index (κ1) is 9.14. The van der Waals surface area contributed by atoms with Crippen LogP contribution in [0.1, 0.15) is 11.6 Å². The molecule has 0 saturated carbocycles. The van der Waals surface area contributed by atoms with Gasteiger partial charge in [0.05, 0.1) is 0 Å². The average Bonchev–Trinajstić information content (AvgIpc) is 2.77. The third kappa shape index (κ3) is 2.29. The van der Waals surface area contributed by atoms with E-state index in [1.165, 1.54) is 11.5 Å².